The molecule has 3 N–H and O–H groups in total. The largest absolute Gasteiger partial charge is 0.398 e. The van der Waals surface area contributed by atoms with Crippen LogP contribution in [0.3, 0.4) is 0 Å². The topological polar surface area (TPSA) is 55.1 Å². The zero-order chi connectivity index (χ0) is 14.8. The van der Waals surface area contributed by atoms with Crippen molar-refractivity contribution in [3.05, 3.63) is 59.2 Å². The molecule has 0 radical (unpaired) electrons. The number of rotatable bonds is 2. The summed E-state index contributed by atoms with van der Waals surface area (Å²) in [6.07, 6.45) is 0.944. The first-order valence-corrected chi connectivity index (χ1v) is 8.02. The Balaban J connectivity index is 1.84. The molecule has 3 rings (SSSR count). The molecular formula is C17H18N2OS. The van der Waals surface area contributed by atoms with Gasteiger partial charge < -0.3 is 11.1 Å². The van der Waals surface area contributed by atoms with Crippen molar-refractivity contribution in [3.63, 3.8) is 0 Å². The predicted molar refractivity (Wildman–Crippen MR) is 87.6 cm³/mol. The van der Waals surface area contributed by atoms with E-state index >= 15 is 0 Å². The quantitative estimate of drug-likeness (QED) is 0.834. The molecule has 1 aliphatic heterocycles. The second-order valence-corrected chi connectivity index (χ2v) is 6.43. The van der Waals surface area contributed by atoms with E-state index in [0.29, 0.717) is 11.3 Å². The Labute approximate surface area is 128 Å². The van der Waals surface area contributed by atoms with E-state index in [4.69, 9.17) is 5.73 Å². The number of carbonyl (C=O) groups is 1. The number of aryl methyl sites for hydroxylation is 1. The van der Waals surface area contributed by atoms with Gasteiger partial charge in [-0.05, 0) is 37.1 Å². The highest BCUT2D eigenvalue weighted by Crippen LogP contribution is 2.36. The molecule has 1 aliphatic rings. The minimum atomic E-state index is -0.0945. The highest BCUT2D eigenvalue weighted by atomic mass is 32.2. The molecule has 108 valence electrons. The number of nitrogen functional groups attached to an aromatic ring is 1. The van der Waals surface area contributed by atoms with Crippen LogP contribution in [-0.2, 0) is 0 Å². The average Bonchev–Trinajstić information content (AvgIpc) is 2.50. The van der Waals surface area contributed by atoms with Crippen LogP contribution >= 0.6 is 11.8 Å². The third-order valence-corrected chi connectivity index (χ3v) is 4.84. The van der Waals surface area contributed by atoms with Gasteiger partial charge in [-0.1, -0.05) is 29.8 Å². The predicted octanol–water partition coefficient (Wildman–Crippen LogP) is 3.54. The number of benzene rings is 2. The van der Waals surface area contributed by atoms with Crippen molar-refractivity contribution in [2.75, 3.05) is 11.5 Å². The molecule has 0 saturated carbocycles. The van der Waals surface area contributed by atoms with Crippen LogP contribution < -0.4 is 11.1 Å². The van der Waals surface area contributed by atoms with Gasteiger partial charge in [0.1, 0.15) is 0 Å². The molecule has 1 atom stereocenters. The number of fused-ring (bicyclic) bond motifs is 1. The van der Waals surface area contributed by atoms with Crippen LogP contribution in [0.25, 0.3) is 0 Å². The van der Waals surface area contributed by atoms with E-state index in [1.807, 2.05) is 43.0 Å². The molecule has 0 aliphatic carbocycles. The van der Waals surface area contributed by atoms with E-state index in [1.54, 1.807) is 6.07 Å². The van der Waals surface area contributed by atoms with Gasteiger partial charge in [0.2, 0.25) is 0 Å². The number of carbonyl (C=O) groups excluding carboxylic acids is 1. The number of nitrogens with two attached hydrogens (primary N) is 1. The molecule has 1 amide bonds. The molecule has 1 unspecified atom stereocenters. The Hall–Kier alpha value is -1.94. The summed E-state index contributed by atoms with van der Waals surface area (Å²) in [5.41, 5.74) is 9.25. The summed E-state index contributed by atoms with van der Waals surface area (Å²) in [7, 11) is 0. The first-order chi connectivity index (χ1) is 10.1. The van der Waals surface area contributed by atoms with Crippen LogP contribution in [0.2, 0.25) is 0 Å². The van der Waals surface area contributed by atoms with E-state index in [0.717, 1.165) is 17.7 Å². The Morgan fingerprint density at radius 2 is 2.10 bits per heavy atom. The summed E-state index contributed by atoms with van der Waals surface area (Å²) in [6.45, 7) is 1.96. The van der Waals surface area contributed by atoms with Gasteiger partial charge in [0.25, 0.3) is 5.91 Å². The second-order valence-electron chi connectivity index (χ2n) is 5.29. The molecule has 0 spiro atoms. The summed E-state index contributed by atoms with van der Waals surface area (Å²) in [5.74, 6) is 0.925. The zero-order valence-electron chi connectivity index (χ0n) is 11.9. The second kappa shape index (κ2) is 5.82. The molecule has 0 fully saturated rings. The smallest absolute Gasteiger partial charge is 0.253 e. The number of thioether (sulfide) groups is 1. The SMILES string of the molecule is Cc1ccc(N)c(C(=O)NC2CCSc3ccccc32)c1. The third-order valence-electron chi connectivity index (χ3n) is 3.72. The van der Waals surface area contributed by atoms with Crippen LogP contribution in [0.15, 0.2) is 47.4 Å². The summed E-state index contributed by atoms with van der Waals surface area (Å²) in [6, 6.07) is 13.9. The highest BCUT2D eigenvalue weighted by molar-refractivity contribution is 7.99. The lowest BCUT2D eigenvalue weighted by Crippen LogP contribution is -2.31. The normalized spacial score (nSPS) is 17.1. The summed E-state index contributed by atoms with van der Waals surface area (Å²) >= 11 is 1.84. The maximum Gasteiger partial charge on any atom is 0.253 e. The Morgan fingerprint density at radius 3 is 2.95 bits per heavy atom. The van der Waals surface area contributed by atoms with Gasteiger partial charge in [-0.25, -0.2) is 0 Å². The molecular weight excluding hydrogens is 280 g/mol. The van der Waals surface area contributed by atoms with E-state index in [2.05, 4.69) is 17.4 Å². The Morgan fingerprint density at radius 1 is 1.29 bits per heavy atom. The molecule has 2 aromatic rings. The van der Waals surface area contributed by atoms with Gasteiger partial charge in [0.15, 0.2) is 0 Å². The maximum absolute atomic E-state index is 12.5. The summed E-state index contributed by atoms with van der Waals surface area (Å²) < 4.78 is 0. The van der Waals surface area contributed by atoms with Crippen LogP contribution in [0.5, 0.6) is 0 Å². The summed E-state index contributed by atoms with van der Waals surface area (Å²) in [4.78, 5) is 13.8. The Kier molecular flexibility index (Phi) is 3.88. The third kappa shape index (κ3) is 2.90. The van der Waals surface area contributed by atoms with E-state index in [1.165, 1.54) is 10.5 Å². The molecule has 4 heteroatoms. The first-order valence-electron chi connectivity index (χ1n) is 7.04. The molecule has 0 bridgehead atoms. The van der Waals surface area contributed by atoms with E-state index < -0.39 is 0 Å². The van der Waals surface area contributed by atoms with Crippen molar-refractivity contribution in [2.24, 2.45) is 0 Å². The number of amides is 1. The van der Waals surface area contributed by atoms with Gasteiger partial charge in [-0.2, -0.15) is 0 Å². The minimum Gasteiger partial charge on any atom is -0.398 e. The van der Waals surface area contributed by atoms with Gasteiger partial charge in [-0.3, -0.25) is 4.79 Å². The van der Waals surface area contributed by atoms with Crippen molar-refractivity contribution in [1.29, 1.82) is 0 Å². The molecule has 0 saturated heterocycles. The number of hydrogen-bond donors (Lipinski definition) is 2. The lowest BCUT2D eigenvalue weighted by molar-refractivity contribution is 0.0936. The number of hydrogen-bond acceptors (Lipinski definition) is 3. The van der Waals surface area contributed by atoms with Gasteiger partial charge >= 0.3 is 0 Å². The molecule has 1 heterocycles. The fraction of sp³-hybridized carbons (Fsp3) is 0.235. The molecule has 0 aromatic heterocycles. The van der Waals surface area contributed by atoms with Crippen LogP contribution in [-0.4, -0.2) is 11.7 Å². The lowest BCUT2D eigenvalue weighted by atomic mass is 10.0. The van der Waals surface area contributed by atoms with E-state index in [9.17, 15) is 4.79 Å². The molecule has 21 heavy (non-hydrogen) atoms. The Bertz CT molecular complexity index is 684. The minimum absolute atomic E-state index is 0.0647. The van der Waals surface area contributed by atoms with Crippen molar-refractivity contribution < 1.29 is 4.79 Å². The van der Waals surface area contributed by atoms with E-state index in [-0.39, 0.29) is 11.9 Å². The molecule has 3 nitrogen and oxygen atoms in total. The van der Waals surface area contributed by atoms with Gasteiger partial charge in [0.05, 0.1) is 11.6 Å². The van der Waals surface area contributed by atoms with Crippen LogP contribution in [0.1, 0.15) is 33.9 Å². The van der Waals surface area contributed by atoms with Crippen molar-refractivity contribution in [2.45, 2.75) is 24.3 Å². The highest BCUT2D eigenvalue weighted by Gasteiger charge is 2.23. The fourth-order valence-corrected chi connectivity index (χ4v) is 3.72. The van der Waals surface area contributed by atoms with Gasteiger partial charge in [0, 0.05) is 16.3 Å². The monoisotopic (exact) mass is 298 g/mol. The number of anilines is 1. The average molecular weight is 298 g/mol. The first kappa shape index (κ1) is 14.0. The van der Waals surface area contributed by atoms with Crippen LogP contribution in [0, 0.1) is 6.92 Å². The van der Waals surface area contributed by atoms with Crippen molar-refractivity contribution >= 4 is 23.4 Å². The maximum atomic E-state index is 12.5. The number of nitrogens with one attached hydrogen (secondary N) is 1. The summed E-state index contributed by atoms with van der Waals surface area (Å²) in [5, 5.41) is 3.13. The van der Waals surface area contributed by atoms with Gasteiger partial charge in [-0.15, -0.1) is 11.8 Å². The standard InChI is InChI=1S/C17H18N2OS/c1-11-6-7-14(18)13(10-11)17(20)19-15-8-9-21-16-5-3-2-4-12(15)16/h2-7,10,15H,8-9,18H2,1H3,(H,19,20). The van der Waals surface area contributed by atoms with Crippen molar-refractivity contribution in [3.8, 4) is 0 Å². The van der Waals surface area contributed by atoms with Crippen molar-refractivity contribution in [1.82, 2.24) is 5.32 Å². The fourth-order valence-electron chi connectivity index (χ4n) is 2.59. The molecule has 2 aromatic carbocycles. The zero-order valence-corrected chi connectivity index (χ0v) is 12.7. The lowest BCUT2D eigenvalue weighted by Gasteiger charge is -2.26. The van der Waals surface area contributed by atoms with Crippen LogP contribution in [0.4, 0.5) is 5.69 Å².